The van der Waals surface area contributed by atoms with E-state index in [1.807, 2.05) is 10.9 Å². The molecule has 1 amide bonds. The van der Waals surface area contributed by atoms with Crippen molar-refractivity contribution in [3.05, 3.63) is 18.0 Å². The zero-order chi connectivity index (χ0) is 16.4. The minimum absolute atomic E-state index is 0. The molecule has 2 heterocycles. The van der Waals surface area contributed by atoms with Crippen molar-refractivity contribution < 1.29 is 4.79 Å². The number of aromatic nitrogens is 2. The number of carbonyl (C=O) groups excluding carboxylic acids is 1. The second-order valence-corrected chi connectivity index (χ2v) is 7.81. The number of hydrogen-bond donors (Lipinski definition) is 1. The summed E-state index contributed by atoms with van der Waals surface area (Å²) in [6.07, 6.45) is 10.4. The van der Waals surface area contributed by atoms with Gasteiger partial charge in [0.25, 0.3) is 0 Å². The van der Waals surface area contributed by atoms with Crippen molar-refractivity contribution in [1.82, 2.24) is 14.7 Å². The monoisotopic (exact) mass is 390 g/mol. The Morgan fingerprint density at radius 1 is 1.28 bits per heavy atom. The molecule has 2 fully saturated rings. The Morgan fingerprint density at radius 3 is 2.52 bits per heavy atom. The smallest absolute Gasteiger partial charge is 0.227 e. The molecule has 2 N–H and O–H groups in total. The molecule has 1 aromatic rings. The van der Waals surface area contributed by atoms with Crippen LogP contribution in [0.1, 0.15) is 51.0 Å². The molecule has 0 radical (unpaired) electrons. The van der Waals surface area contributed by atoms with Crippen LogP contribution in [0.3, 0.4) is 0 Å². The highest BCUT2D eigenvalue weighted by molar-refractivity contribution is 5.85. The van der Waals surface area contributed by atoms with Crippen molar-refractivity contribution in [2.75, 3.05) is 13.1 Å². The molecule has 0 bridgehead atoms. The molecule has 2 unspecified atom stereocenters. The number of piperidine rings is 1. The van der Waals surface area contributed by atoms with Crippen molar-refractivity contribution in [2.24, 2.45) is 17.6 Å². The summed E-state index contributed by atoms with van der Waals surface area (Å²) in [6.45, 7) is 6.83. The Hall–Kier alpha value is -0.780. The normalized spacial score (nSPS) is 27.3. The van der Waals surface area contributed by atoms with E-state index in [9.17, 15) is 4.79 Å². The lowest BCUT2D eigenvalue weighted by atomic mass is 9.73. The van der Waals surface area contributed by atoms with E-state index in [4.69, 9.17) is 5.73 Å². The maximum atomic E-state index is 12.9. The molecule has 2 atom stereocenters. The molecule has 144 valence electrons. The van der Waals surface area contributed by atoms with Gasteiger partial charge in [0.05, 0.1) is 12.1 Å². The maximum Gasteiger partial charge on any atom is 0.227 e. The Balaban J connectivity index is 0.00000156. The van der Waals surface area contributed by atoms with Crippen molar-refractivity contribution in [3.8, 4) is 0 Å². The summed E-state index contributed by atoms with van der Waals surface area (Å²) >= 11 is 0. The quantitative estimate of drug-likeness (QED) is 0.861. The first kappa shape index (κ1) is 22.3. The van der Waals surface area contributed by atoms with Gasteiger partial charge in [0.2, 0.25) is 5.91 Å². The second kappa shape index (κ2) is 9.24. The highest BCUT2D eigenvalue weighted by Gasteiger charge is 2.40. The van der Waals surface area contributed by atoms with Gasteiger partial charge in [-0.15, -0.1) is 24.8 Å². The molecule has 25 heavy (non-hydrogen) atoms. The third kappa shape index (κ3) is 5.35. The Bertz CT molecular complexity index is 553. The van der Waals surface area contributed by atoms with Crippen LogP contribution in [0, 0.1) is 18.8 Å². The van der Waals surface area contributed by atoms with Gasteiger partial charge in [-0.2, -0.15) is 5.10 Å². The number of nitrogens with zero attached hydrogens (tertiary/aromatic N) is 3. The van der Waals surface area contributed by atoms with Gasteiger partial charge < -0.3 is 10.6 Å². The van der Waals surface area contributed by atoms with Gasteiger partial charge in [0, 0.05) is 31.4 Å². The molecular formula is C18H32Cl2N4O. The number of halogens is 2. The number of carbonyl (C=O) groups is 1. The lowest BCUT2D eigenvalue weighted by Crippen LogP contribution is -2.54. The number of nitrogens with two attached hydrogens (primary N) is 1. The van der Waals surface area contributed by atoms with E-state index < -0.39 is 0 Å². The molecule has 0 spiro atoms. The molecule has 5 nitrogen and oxygen atoms in total. The summed E-state index contributed by atoms with van der Waals surface area (Å²) in [4.78, 5) is 14.9. The van der Waals surface area contributed by atoms with Gasteiger partial charge >= 0.3 is 0 Å². The van der Waals surface area contributed by atoms with Crippen LogP contribution in [-0.2, 0) is 11.3 Å². The minimum Gasteiger partial charge on any atom is -0.342 e. The standard InChI is InChI=1S/C18H30N4O.2ClH/c1-14-11-20-22(12-14)13-15-6-9-21(10-7-15)17(23)16-5-3-4-8-18(16,2)19;;/h11-12,15-16H,3-10,13,19H2,1-2H3;2*1H. The van der Waals surface area contributed by atoms with E-state index >= 15 is 0 Å². The number of rotatable bonds is 3. The lowest BCUT2D eigenvalue weighted by molar-refractivity contribution is -0.140. The first-order valence-corrected chi connectivity index (χ1v) is 9.02. The third-order valence-electron chi connectivity index (χ3n) is 5.69. The molecule has 7 heteroatoms. The summed E-state index contributed by atoms with van der Waals surface area (Å²) in [7, 11) is 0. The molecule has 3 rings (SSSR count). The van der Waals surface area contributed by atoms with E-state index in [0.717, 1.165) is 58.2 Å². The molecule has 0 aromatic carbocycles. The first-order valence-electron chi connectivity index (χ1n) is 9.02. The number of amides is 1. The number of likely N-dealkylation sites (tertiary alicyclic amines) is 1. The largest absolute Gasteiger partial charge is 0.342 e. The van der Waals surface area contributed by atoms with Crippen LogP contribution in [0.15, 0.2) is 12.4 Å². The van der Waals surface area contributed by atoms with E-state index in [1.54, 1.807) is 0 Å². The number of aryl methyl sites for hydroxylation is 1. The maximum absolute atomic E-state index is 12.9. The fourth-order valence-electron chi connectivity index (χ4n) is 4.15. The first-order chi connectivity index (χ1) is 11.0. The van der Waals surface area contributed by atoms with Crippen molar-refractivity contribution in [3.63, 3.8) is 0 Å². The molecular weight excluding hydrogens is 359 g/mol. The zero-order valence-corrected chi connectivity index (χ0v) is 17.0. The second-order valence-electron chi connectivity index (χ2n) is 7.81. The highest BCUT2D eigenvalue weighted by Crippen LogP contribution is 2.34. The molecule has 1 aromatic heterocycles. The van der Waals surface area contributed by atoms with Crippen LogP contribution < -0.4 is 5.73 Å². The summed E-state index contributed by atoms with van der Waals surface area (Å²) < 4.78 is 2.04. The topological polar surface area (TPSA) is 64.2 Å². The predicted molar refractivity (Wildman–Crippen MR) is 105 cm³/mol. The van der Waals surface area contributed by atoms with E-state index in [-0.39, 0.29) is 36.3 Å². The molecule has 1 aliphatic carbocycles. The molecule has 2 aliphatic rings. The van der Waals surface area contributed by atoms with Gasteiger partial charge in [-0.1, -0.05) is 12.8 Å². The van der Waals surface area contributed by atoms with Crippen LogP contribution in [0.25, 0.3) is 0 Å². The van der Waals surface area contributed by atoms with Gasteiger partial charge in [0.1, 0.15) is 0 Å². The Kier molecular flexibility index (Phi) is 8.23. The van der Waals surface area contributed by atoms with Crippen molar-refractivity contribution >= 4 is 30.7 Å². The SMILES string of the molecule is Cc1cnn(CC2CCN(C(=O)C3CCCCC3(C)N)CC2)c1.Cl.Cl. The van der Waals surface area contributed by atoms with E-state index in [0.29, 0.717) is 11.8 Å². The molecule has 1 aliphatic heterocycles. The van der Waals surface area contributed by atoms with Gasteiger partial charge in [0.15, 0.2) is 0 Å². The van der Waals surface area contributed by atoms with Gasteiger partial charge in [-0.25, -0.2) is 0 Å². The number of hydrogen-bond acceptors (Lipinski definition) is 3. The Labute approximate surface area is 163 Å². The molecule has 1 saturated carbocycles. The molecule has 1 saturated heterocycles. The van der Waals surface area contributed by atoms with Crippen LogP contribution in [0.5, 0.6) is 0 Å². The summed E-state index contributed by atoms with van der Waals surface area (Å²) in [6, 6.07) is 0. The van der Waals surface area contributed by atoms with Crippen LogP contribution in [0.2, 0.25) is 0 Å². The summed E-state index contributed by atoms with van der Waals surface area (Å²) in [5.74, 6) is 0.929. The van der Waals surface area contributed by atoms with Crippen molar-refractivity contribution in [1.29, 1.82) is 0 Å². The fourth-order valence-corrected chi connectivity index (χ4v) is 4.15. The van der Waals surface area contributed by atoms with Crippen LogP contribution in [0.4, 0.5) is 0 Å². The van der Waals surface area contributed by atoms with Crippen LogP contribution >= 0.6 is 24.8 Å². The predicted octanol–water partition coefficient (Wildman–Crippen LogP) is 3.18. The highest BCUT2D eigenvalue weighted by atomic mass is 35.5. The van der Waals surface area contributed by atoms with Gasteiger partial charge in [-0.3, -0.25) is 9.48 Å². The zero-order valence-electron chi connectivity index (χ0n) is 15.3. The van der Waals surface area contributed by atoms with Crippen LogP contribution in [-0.4, -0.2) is 39.2 Å². The van der Waals surface area contributed by atoms with Crippen molar-refractivity contribution in [2.45, 2.75) is 64.5 Å². The fraction of sp³-hybridized carbons (Fsp3) is 0.778. The van der Waals surface area contributed by atoms with E-state index in [2.05, 4.69) is 30.0 Å². The summed E-state index contributed by atoms with van der Waals surface area (Å²) in [5.41, 5.74) is 7.29. The summed E-state index contributed by atoms with van der Waals surface area (Å²) in [5, 5.41) is 4.38. The minimum atomic E-state index is -0.321. The average Bonchev–Trinajstić information content (AvgIpc) is 2.92. The average molecular weight is 391 g/mol. The third-order valence-corrected chi connectivity index (χ3v) is 5.69. The van der Waals surface area contributed by atoms with E-state index in [1.165, 1.54) is 5.56 Å². The lowest BCUT2D eigenvalue weighted by Gasteiger charge is -2.41. The Morgan fingerprint density at radius 2 is 1.96 bits per heavy atom. The van der Waals surface area contributed by atoms with Gasteiger partial charge in [-0.05, 0) is 51.0 Å².